The number of alkyl halides is 3. The van der Waals surface area contributed by atoms with Crippen molar-refractivity contribution in [2.45, 2.75) is 57.3 Å². The monoisotopic (exact) mass is 445 g/mol. The van der Waals surface area contributed by atoms with Gasteiger partial charge in [0.25, 0.3) is 0 Å². The summed E-state index contributed by atoms with van der Waals surface area (Å²) in [6.07, 6.45) is -2.64. The van der Waals surface area contributed by atoms with E-state index in [4.69, 9.17) is 0 Å². The Bertz CT molecular complexity index is 927. The minimum Gasteiger partial charge on any atom is -0.298 e. The molecule has 0 atom stereocenters. The molecule has 0 radical (unpaired) electrons. The zero-order valence-electron chi connectivity index (χ0n) is 14.9. The van der Waals surface area contributed by atoms with Gasteiger partial charge in [-0.1, -0.05) is 32.0 Å². The Morgan fingerprint density at radius 3 is 2.48 bits per heavy atom. The predicted octanol–water partition coefficient (Wildman–Crippen LogP) is 4.10. The molecule has 0 spiro atoms. The molecule has 146 valence electrons. The fraction of sp³-hybridized carbons (Fsp3) is 0.500. The van der Waals surface area contributed by atoms with Crippen LogP contribution in [0.5, 0.6) is 0 Å². The highest BCUT2D eigenvalue weighted by Crippen LogP contribution is 2.36. The summed E-state index contributed by atoms with van der Waals surface area (Å²) in [6.45, 7) is 3.21. The number of nitrogens with zero attached hydrogens (tertiary/aromatic N) is 3. The minimum atomic E-state index is -4.44. The van der Waals surface area contributed by atoms with Crippen LogP contribution in [0.4, 0.5) is 13.2 Å². The largest absolute Gasteiger partial charge is 0.416 e. The summed E-state index contributed by atoms with van der Waals surface area (Å²) >= 11 is 3.24. The van der Waals surface area contributed by atoms with Crippen molar-refractivity contribution in [2.75, 3.05) is 0 Å². The van der Waals surface area contributed by atoms with E-state index in [1.807, 2.05) is 0 Å². The molecule has 2 aromatic rings. The van der Waals surface area contributed by atoms with E-state index in [1.54, 1.807) is 19.9 Å². The van der Waals surface area contributed by atoms with Crippen LogP contribution in [0.1, 0.15) is 50.3 Å². The van der Waals surface area contributed by atoms with Gasteiger partial charge < -0.3 is 0 Å². The third-order valence-corrected chi connectivity index (χ3v) is 5.22. The number of carbonyl (C=O) groups is 1. The van der Waals surface area contributed by atoms with E-state index in [0.717, 1.165) is 29.7 Å². The third-order valence-electron chi connectivity index (χ3n) is 4.68. The van der Waals surface area contributed by atoms with Gasteiger partial charge in [0.2, 0.25) is 4.73 Å². The lowest BCUT2D eigenvalue weighted by Gasteiger charge is -2.25. The second-order valence-electron chi connectivity index (χ2n) is 7.49. The van der Waals surface area contributed by atoms with Crippen molar-refractivity contribution in [3.8, 4) is 0 Å². The Morgan fingerprint density at radius 2 is 1.89 bits per heavy atom. The Labute approximate surface area is 162 Å². The van der Waals surface area contributed by atoms with Gasteiger partial charge in [-0.05, 0) is 45.8 Å². The molecule has 1 fully saturated rings. The first kappa shape index (κ1) is 19.9. The van der Waals surface area contributed by atoms with E-state index in [0.29, 0.717) is 10.3 Å². The van der Waals surface area contributed by atoms with Crippen molar-refractivity contribution >= 4 is 21.7 Å². The van der Waals surface area contributed by atoms with Crippen LogP contribution in [0.25, 0.3) is 0 Å². The first-order valence-electron chi connectivity index (χ1n) is 8.53. The molecule has 1 aromatic heterocycles. The Hall–Kier alpha value is -1.90. The molecule has 0 aliphatic heterocycles. The lowest BCUT2D eigenvalue weighted by atomic mass is 9.79. The molecular formula is C18H19BrF3N3O2. The van der Waals surface area contributed by atoms with Gasteiger partial charge in [-0.15, -0.1) is 5.10 Å². The van der Waals surface area contributed by atoms with Crippen LogP contribution in [-0.4, -0.2) is 20.1 Å². The van der Waals surface area contributed by atoms with Gasteiger partial charge in [-0.2, -0.15) is 13.2 Å². The quantitative estimate of drug-likeness (QED) is 0.672. The molecule has 0 N–H and O–H groups in total. The first-order valence-corrected chi connectivity index (χ1v) is 9.32. The molecule has 27 heavy (non-hydrogen) atoms. The number of Topliss-reactive ketones (excluding diaryl/α,β-unsaturated/α-hetero) is 1. The van der Waals surface area contributed by atoms with Crippen molar-refractivity contribution in [3.63, 3.8) is 0 Å². The van der Waals surface area contributed by atoms with Crippen molar-refractivity contribution in [3.05, 3.63) is 50.6 Å². The number of aromatic nitrogens is 3. The van der Waals surface area contributed by atoms with Gasteiger partial charge >= 0.3 is 11.9 Å². The Kier molecular flexibility index (Phi) is 5.09. The lowest BCUT2D eigenvalue weighted by Crippen LogP contribution is -2.30. The average molecular weight is 446 g/mol. The maximum Gasteiger partial charge on any atom is 0.416 e. The Balaban J connectivity index is 1.75. The maximum atomic E-state index is 12.9. The molecule has 5 nitrogen and oxygen atoms in total. The molecule has 0 unspecified atom stereocenters. The van der Waals surface area contributed by atoms with Gasteiger partial charge in [0.15, 0.2) is 5.78 Å². The van der Waals surface area contributed by atoms with Crippen LogP contribution in [0.3, 0.4) is 0 Å². The molecule has 1 aromatic carbocycles. The third kappa shape index (κ3) is 4.34. The zero-order chi connectivity index (χ0) is 20.0. The second-order valence-corrected chi connectivity index (χ2v) is 8.20. The molecule has 9 heteroatoms. The molecule has 1 saturated carbocycles. The van der Waals surface area contributed by atoms with Crippen LogP contribution >= 0.6 is 15.9 Å². The zero-order valence-corrected chi connectivity index (χ0v) is 16.5. The molecule has 0 amide bonds. The maximum absolute atomic E-state index is 12.9. The lowest BCUT2D eigenvalue weighted by molar-refractivity contribution is -0.137. The van der Waals surface area contributed by atoms with Crippen molar-refractivity contribution in [2.24, 2.45) is 0 Å². The summed E-state index contributed by atoms with van der Waals surface area (Å²) < 4.78 is 41.8. The topological polar surface area (TPSA) is 56.9 Å². The fourth-order valence-corrected chi connectivity index (χ4v) is 3.70. The summed E-state index contributed by atoms with van der Waals surface area (Å²) in [5.74, 6) is -0.271. The van der Waals surface area contributed by atoms with E-state index in [9.17, 15) is 22.8 Å². The standard InChI is InChI=1S/C18H19BrF3N3O2/c1-17(2,11-4-3-5-12(8-11)18(20,21)22)9-14(26)10-24-16(27)25(13-6-7-13)15(19)23-24/h3-5,8,13H,6-7,9-10H2,1-2H3. The smallest absolute Gasteiger partial charge is 0.298 e. The number of carbonyl (C=O) groups excluding carboxylic acids is 1. The normalized spacial score (nSPS) is 15.2. The van der Waals surface area contributed by atoms with Gasteiger partial charge in [-0.3, -0.25) is 9.36 Å². The fourth-order valence-electron chi connectivity index (χ4n) is 3.07. The molecule has 1 aliphatic carbocycles. The number of benzene rings is 1. The van der Waals surface area contributed by atoms with Crippen LogP contribution in [0.15, 0.2) is 33.8 Å². The summed E-state index contributed by atoms with van der Waals surface area (Å²) in [6, 6.07) is 5.11. The van der Waals surface area contributed by atoms with Crippen LogP contribution in [-0.2, 0) is 22.9 Å². The summed E-state index contributed by atoms with van der Waals surface area (Å²) in [7, 11) is 0. The molecule has 1 aliphatic rings. The van der Waals surface area contributed by atoms with Crippen molar-refractivity contribution in [1.82, 2.24) is 14.3 Å². The van der Waals surface area contributed by atoms with E-state index in [2.05, 4.69) is 21.0 Å². The highest BCUT2D eigenvalue weighted by atomic mass is 79.9. The highest BCUT2D eigenvalue weighted by Gasteiger charge is 2.33. The van der Waals surface area contributed by atoms with E-state index in [-0.39, 0.29) is 30.5 Å². The van der Waals surface area contributed by atoms with Gasteiger partial charge in [0.1, 0.15) is 6.54 Å². The summed E-state index contributed by atoms with van der Waals surface area (Å²) in [4.78, 5) is 24.8. The summed E-state index contributed by atoms with van der Waals surface area (Å²) in [5, 5.41) is 4.07. The van der Waals surface area contributed by atoms with Gasteiger partial charge in [0.05, 0.1) is 5.56 Å². The van der Waals surface area contributed by atoms with Crippen LogP contribution in [0, 0.1) is 0 Å². The van der Waals surface area contributed by atoms with E-state index < -0.39 is 17.2 Å². The van der Waals surface area contributed by atoms with E-state index in [1.165, 1.54) is 10.6 Å². The Morgan fingerprint density at radius 1 is 1.26 bits per heavy atom. The van der Waals surface area contributed by atoms with Crippen molar-refractivity contribution in [1.29, 1.82) is 0 Å². The number of hydrogen-bond donors (Lipinski definition) is 0. The molecule has 3 rings (SSSR count). The average Bonchev–Trinajstić information content (AvgIpc) is 3.34. The number of rotatable bonds is 6. The second kappa shape index (κ2) is 6.92. The number of ketones is 1. The van der Waals surface area contributed by atoms with E-state index >= 15 is 0 Å². The van der Waals surface area contributed by atoms with Crippen LogP contribution < -0.4 is 5.69 Å². The molecule has 1 heterocycles. The highest BCUT2D eigenvalue weighted by molar-refractivity contribution is 9.10. The van der Waals surface area contributed by atoms with Gasteiger partial charge in [-0.25, -0.2) is 9.48 Å². The number of halogens is 4. The minimum absolute atomic E-state index is 0.00530. The summed E-state index contributed by atoms with van der Waals surface area (Å²) in [5.41, 5.74) is -1.49. The van der Waals surface area contributed by atoms with Crippen molar-refractivity contribution < 1.29 is 18.0 Å². The molecular weight excluding hydrogens is 427 g/mol. The number of hydrogen-bond acceptors (Lipinski definition) is 3. The van der Waals surface area contributed by atoms with Crippen LogP contribution in [0.2, 0.25) is 0 Å². The first-order chi connectivity index (χ1) is 12.5. The predicted molar refractivity (Wildman–Crippen MR) is 96.6 cm³/mol. The molecule has 0 saturated heterocycles. The molecule has 0 bridgehead atoms. The SMILES string of the molecule is CC(C)(CC(=O)Cn1nc(Br)n(C2CC2)c1=O)c1cccc(C(F)(F)F)c1. The van der Waals surface area contributed by atoms with Gasteiger partial charge in [0, 0.05) is 12.5 Å².